The van der Waals surface area contributed by atoms with E-state index in [1.807, 2.05) is 0 Å². The summed E-state index contributed by atoms with van der Waals surface area (Å²) in [7, 11) is 7.27. The van der Waals surface area contributed by atoms with Crippen molar-refractivity contribution in [3.05, 3.63) is 30.1 Å². The highest BCUT2D eigenvalue weighted by Crippen LogP contribution is 2.44. The number of pyridine rings is 2. The third-order valence-electron chi connectivity index (χ3n) is 3.73. The number of fused-ring (bicyclic) bond motifs is 1. The zero-order valence-corrected chi connectivity index (χ0v) is 14.3. The normalized spacial score (nSPS) is 12.7. The Kier molecular flexibility index (Phi) is 4.46. The van der Waals surface area contributed by atoms with Gasteiger partial charge in [-0.3, -0.25) is 4.98 Å². The molecule has 0 bridgehead atoms. The van der Waals surface area contributed by atoms with Gasteiger partial charge in [0.15, 0.2) is 11.5 Å². The second kappa shape index (κ2) is 6.22. The van der Waals surface area contributed by atoms with E-state index in [0.717, 1.165) is 0 Å². The van der Waals surface area contributed by atoms with Gasteiger partial charge in [-0.25, -0.2) is 9.97 Å². The fourth-order valence-electron chi connectivity index (χ4n) is 2.41. The maximum absolute atomic E-state index is 13.6. The molecule has 0 aliphatic heterocycles. The van der Waals surface area contributed by atoms with Crippen LogP contribution in [0.15, 0.2) is 29.4 Å². The molecule has 11 heteroatoms. The summed E-state index contributed by atoms with van der Waals surface area (Å²) in [5.74, 6) is -4.74. The van der Waals surface area contributed by atoms with Crippen molar-refractivity contribution in [2.45, 2.75) is 17.0 Å². The highest BCUT2D eigenvalue weighted by molar-refractivity contribution is 7.98. The minimum atomic E-state index is -5.72. The Bertz CT molecular complexity index is 986. The average molecular weight is 384 g/mol. The molecule has 0 aliphatic rings. The van der Waals surface area contributed by atoms with Crippen LogP contribution in [0, 0.1) is 0 Å². The second-order valence-electron chi connectivity index (χ2n) is 5.45. The van der Waals surface area contributed by atoms with Crippen molar-refractivity contribution in [3.8, 4) is 11.5 Å². The number of rotatable bonds is 3. The molecule has 0 amide bonds. The topological polar surface area (TPSA) is 43.6 Å². The van der Waals surface area contributed by atoms with Gasteiger partial charge >= 0.3 is 12.1 Å². The van der Waals surface area contributed by atoms with E-state index >= 15 is 0 Å². The number of imidazole rings is 1. The van der Waals surface area contributed by atoms with Crippen LogP contribution in [0.4, 0.5) is 22.0 Å². The minimum absolute atomic E-state index is 0.0883. The standard InChI is InChI=1S/C15H10BF5N4S/c1-25-12-9(3-7(5-23-12)14(17,18)15(19,20)21)24-13(25)11-10(26-2)4-8(16)6-22-11/h3-6H,1-2H3. The minimum Gasteiger partial charge on any atom is -0.310 e. The van der Waals surface area contributed by atoms with Crippen LogP contribution in [-0.4, -0.2) is 39.8 Å². The molecule has 3 aromatic rings. The molecule has 0 aromatic carbocycles. The Labute approximate surface area is 150 Å². The molecule has 134 valence electrons. The number of halogens is 5. The van der Waals surface area contributed by atoms with Crippen LogP contribution >= 0.6 is 11.8 Å². The largest absolute Gasteiger partial charge is 0.458 e. The molecule has 3 aromatic heterocycles. The smallest absolute Gasteiger partial charge is 0.310 e. The van der Waals surface area contributed by atoms with Gasteiger partial charge in [0.25, 0.3) is 0 Å². The first-order valence-corrected chi connectivity index (χ1v) is 8.36. The number of aryl methyl sites for hydroxylation is 1. The molecule has 0 aliphatic carbocycles. The summed E-state index contributed by atoms with van der Waals surface area (Å²) < 4.78 is 66.3. The monoisotopic (exact) mass is 384 g/mol. The fraction of sp³-hybridized carbons (Fsp3) is 0.267. The molecule has 0 fully saturated rings. The van der Waals surface area contributed by atoms with Crippen molar-refractivity contribution >= 4 is 36.2 Å². The van der Waals surface area contributed by atoms with Gasteiger partial charge in [0.1, 0.15) is 19.1 Å². The first-order valence-electron chi connectivity index (χ1n) is 7.13. The van der Waals surface area contributed by atoms with Crippen LogP contribution in [-0.2, 0) is 13.0 Å². The number of hydrogen-bond acceptors (Lipinski definition) is 4. The lowest BCUT2D eigenvalue weighted by atomic mass is 9.99. The zero-order valence-electron chi connectivity index (χ0n) is 13.5. The van der Waals surface area contributed by atoms with Crippen LogP contribution in [0.5, 0.6) is 0 Å². The third-order valence-corrected chi connectivity index (χ3v) is 4.48. The Balaban J connectivity index is 2.18. The number of aromatic nitrogens is 4. The van der Waals surface area contributed by atoms with Gasteiger partial charge < -0.3 is 4.57 Å². The summed E-state index contributed by atoms with van der Waals surface area (Å²) in [5, 5.41) is 0. The van der Waals surface area contributed by atoms with Gasteiger partial charge in [-0.2, -0.15) is 22.0 Å². The van der Waals surface area contributed by atoms with Crippen LogP contribution < -0.4 is 5.46 Å². The summed E-state index contributed by atoms with van der Waals surface area (Å²) in [5.41, 5.74) is -0.335. The molecule has 3 heterocycles. The van der Waals surface area contributed by atoms with Gasteiger partial charge in [-0.05, 0) is 12.3 Å². The molecule has 0 unspecified atom stereocenters. The van der Waals surface area contributed by atoms with Crippen molar-refractivity contribution < 1.29 is 22.0 Å². The van der Waals surface area contributed by atoms with E-state index in [-0.39, 0.29) is 17.0 Å². The van der Waals surface area contributed by atoms with Crippen molar-refractivity contribution in [1.29, 1.82) is 0 Å². The van der Waals surface area contributed by atoms with E-state index in [4.69, 9.17) is 7.85 Å². The Morgan fingerprint density at radius 3 is 2.38 bits per heavy atom. The van der Waals surface area contributed by atoms with Crippen LogP contribution in [0.2, 0.25) is 0 Å². The second-order valence-corrected chi connectivity index (χ2v) is 6.30. The molecule has 0 saturated carbocycles. The third kappa shape index (κ3) is 2.93. The summed E-state index contributed by atoms with van der Waals surface area (Å²) in [6, 6.07) is 2.36. The maximum Gasteiger partial charge on any atom is 0.458 e. The molecule has 0 N–H and O–H groups in total. The van der Waals surface area contributed by atoms with E-state index in [1.165, 1.54) is 22.5 Å². The number of thioether (sulfide) groups is 1. The lowest BCUT2D eigenvalue weighted by Crippen LogP contribution is -2.33. The SMILES string of the molecule is [B]c1cnc(-c2nc3cc(C(F)(F)C(F)(F)F)cnc3n2C)c(SC)c1. The lowest BCUT2D eigenvalue weighted by molar-refractivity contribution is -0.289. The first-order chi connectivity index (χ1) is 12.1. The number of alkyl halides is 5. The van der Waals surface area contributed by atoms with E-state index in [2.05, 4.69) is 15.0 Å². The summed E-state index contributed by atoms with van der Waals surface area (Å²) in [6.45, 7) is 0. The average Bonchev–Trinajstić information content (AvgIpc) is 2.90. The van der Waals surface area contributed by atoms with Crippen molar-refractivity contribution in [2.24, 2.45) is 7.05 Å². The van der Waals surface area contributed by atoms with Crippen molar-refractivity contribution in [2.75, 3.05) is 6.26 Å². The highest BCUT2D eigenvalue weighted by Gasteiger charge is 2.59. The zero-order chi connectivity index (χ0) is 19.3. The summed E-state index contributed by atoms with van der Waals surface area (Å²) in [6.07, 6.45) is -2.01. The van der Waals surface area contributed by atoms with Crippen molar-refractivity contribution in [3.63, 3.8) is 0 Å². The maximum atomic E-state index is 13.6. The lowest BCUT2D eigenvalue weighted by Gasteiger charge is -2.19. The summed E-state index contributed by atoms with van der Waals surface area (Å²) in [4.78, 5) is 12.8. The Morgan fingerprint density at radius 2 is 1.77 bits per heavy atom. The van der Waals surface area contributed by atoms with Gasteiger partial charge in [-0.1, -0.05) is 11.5 Å². The molecular weight excluding hydrogens is 374 g/mol. The molecule has 3 rings (SSSR count). The van der Waals surface area contributed by atoms with Gasteiger partial charge in [0.05, 0.1) is 5.56 Å². The van der Waals surface area contributed by atoms with Gasteiger partial charge in [-0.15, -0.1) is 11.8 Å². The molecule has 2 radical (unpaired) electrons. The van der Waals surface area contributed by atoms with Gasteiger partial charge in [0, 0.05) is 24.3 Å². The Morgan fingerprint density at radius 1 is 1.08 bits per heavy atom. The van der Waals surface area contributed by atoms with Gasteiger partial charge in [0.2, 0.25) is 0 Å². The fourth-order valence-corrected chi connectivity index (χ4v) is 3.00. The molecule has 4 nitrogen and oxygen atoms in total. The van der Waals surface area contributed by atoms with E-state index in [1.54, 1.807) is 19.4 Å². The molecule has 26 heavy (non-hydrogen) atoms. The molecule has 0 spiro atoms. The van der Waals surface area contributed by atoms with Crippen LogP contribution in [0.25, 0.3) is 22.7 Å². The van der Waals surface area contributed by atoms with E-state index in [9.17, 15) is 22.0 Å². The Hall–Kier alpha value is -2.17. The van der Waals surface area contributed by atoms with E-state index in [0.29, 0.717) is 28.3 Å². The predicted octanol–water partition coefficient (Wildman–Crippen LogP) is 3.20. The van der Waals surface area contributed by atoms with Crippen LogP contribution in [0.1, 0.15) is 5.56 Å². The summed E-state index contributed by atoms with van der Waals surface area (Å²) >= 11 is 1.35. The molecule has 0 atom stereocenters. The number of nitrogens with zero attached hydrogens (tertiary/aromatic N) is 4. The quantitative estimate of drug-likeness (QED) is 0.395. The van der Waals surface area contributed by atoms with E-state index < -0.39 is 17.7 Å². The van der Waals surface area contributed by atoms with Crippen molar-refractivity contribution in [1.82, 2.24) is 19.5 Å². The number of hydrogen-bond donors (Lipinski definition) is 0. The first kappa shape index (κ1) is 18.6. The predicted molar refractivity (Wildman–Crippen MR) is 88.9 cm³/mol. The van der Waals surface area contributed by atoms with Crippen LogP contribution in [0.3, 0.4) is 0 Å². The molecular formula is C15H10BF5N4S. The molecule has 0 saturated heterocycles. The highest BCUT2D eigenvalue weighted by atomic mass is 32.2.